The zero-order valence-corrected chi connectivity index (χ0v) is 15.4. The van der Waals surface area contributed by atoms with E-state index in [4.69, 9.17) is 0 Å². The number of likely N-dealkylation sites (N-methyl/N-ethyl adjacent to an activating group) is 1. The van der Waals surface area contributed by atoms with Crippen LogP contribution in [0.1, 0.15) is 18.4 Å². The highest BCUT2D eigenvalue weighted by atomic mass is 16.3. The van der Waals surface area contributed by atoms with Gasteiger partial charge in [-0.25, -0.2) is 4.79 Å². The van der Waals surface area contributed by atoms with Gasteiger partial charge in [0.05, 0.1) is 6.04 Å². The van der Waals surface area contributed by atoms with Crippen LogP contribution in [0.5, 0.6) is 5.75 Å². The Morgan fingerprint density at radius 3 is 2.35 bits per heavy atom. The van der Waals surface area contributed by atoms with Crippen molar-refractivity contribution in [3.63, 3.8) is 0 Å². The second-order valence-corrected chi connectivity index (χ2v) is 7.10. The average molecular weight is 360 g/mol. The van der Waals surface area contributed by atoms with Crippen molar-refractivity contribution in [2.75, 3.05) is 46.3 Å². The Bertz CT molecular complexity index is 626. The molecule has 7 heteroatoms. The lowest BCUT2D eigenvalue weighted by molar-refractivity contribution is -0.137. The molecule has 1 atom stereocenters. The standard InChI is InChI=1S/C19H28N4O3/c1-21-10-2-3-17(21)18(25)22-11-13-23(14-12-22)19(26)20-9-8-15-4-6-16(24)7-5-15/h4-7,17,24H,2-3,8-14H2,1H3,(H,20,26). The minimum Gasteiger partial charge on any atom is -0.508 e. The zero-order valence-electron chi connectivity index (χ0n) is 15.4. The smallest absolute Gasteiger partial charge is 0.317 e. The van der Waals surface area contributed by atoms with Gasteiger partial charge in [0, 0.05) is 32.7 Å². The summed E-state index contributed by atoms with van der Waals surface area (Å²) in [4.78, 5) is 30.7. The van der Waals surface area contributed by atoms with E-state index >= 15 is 0 Å². The first-order valence-corrected chi connectivity index (χ1v) is 9.34. The van der Waals surface area contributed by atoms with Crippen LogP contribution in [0.3, 0.4) is 0 Å². The quantitative estimate of drug-likeness (QED) is 0.836. The summed E-state index contributed by atoms with van der Waals surface area (Å²) in [6, 6.07) is 6.94. The molecule has 2 N–H and O–H groups in total. The number of aromatic hydroxyl groups is 1. The van der Waals surface area contributed by atoms with Gasteiger partial charge in [-0.3, -0.25) is 9.69 Å². The van der Waals surface area contributed by atoms with Gasteiger partial charge in [0.15, 0.2) is 0 Å². The first-order chi connectivity index (χ1) is 12.5. The molecule has 2 saturated heterocycles. The maximum absolute atomic E-state index is 12.6. The Morgan fingerprint density at radius 1 is 1.08 bits per heavy atom. The average Bonchev–Trinajstić information content (AvgIpc) is 3.09. The van der Waals surface area contributed by atoms with Crippen molar-refractivity contribution < 1.29 is 14.7 Å². The summed E-state index contributed by atoms with van der Waals surface area (Å²) in [6.45, 7) is 3.90. The third-order valence-corrected chi connectivity index (χ3v) is 5.31. The van der Waals surface area contributed by atoms with E-state index in [0.29, 0.717) is 32.7 Å². The molecule has 0 saturated carbocycles. The predicted octanol–water partition coefficient (Wildman–Crippen LogP) is 0.883. The van der Waals surface area contributed by atoms with E-state index in [1.165, 1.54) is 0 Å². The first kappa shape index (κ1) is 18.5. The molecule has 3 rings (SSSR count). The molecular formula is C19H28N4O3. The highest BCUT2D eigenvalue weighted by molar-refractivity contribution is 5.82. The summed E-state index contributed by atoms with van der Waals surface area (Å²) in [7, 11) is 2.01. The number of phenolic OH excluding ortho intramolecular Hbond substituents is 1. The Hall–Kier alpha value is -2.28. The minimum absolute atomic E-state index is 0.0145. The molecule has 2 aliphatic rings. The summed E-state index contributed by atoms with van der Waals surface area (Å²) in [5, 5.41) is 12.2. The van der Waals surface area contributed by atoms with Gasteiger partial charge in [-0.2, -0.15) is 0 Å². The van der Waals surface area contributed by atoms with Crippen molar-refractivity contribution >= 4 is 11.9 Å². The summed E-state index contributed by atoms with van der Waals surface area (Å²) < 4.78 is 0. The molecule has 2 fully saturated rings. The number of hydrogen-bond acceptors (Lipinski definition) is 4. The van der Waals surface area contributed by atoms with Crippen LogP contribution in [0.15, 0.2) is 24.3 Å². The lowest BCUT2D eigenvalue weighted by Crippen LogP contribution is -2.56. The number of amides is 3. The number of rotatable bonds is 4. The van der Waals surface area contributed by atoms with Crippen molar-refractivity contribution in [3.8, 4) is 5.75 Å². The van der Waals surface area contributed by atoms with Crippen molar-refractivity contribution in [3.05, 3.63) is 29.8 Å². The van der Waals surface area contributed by atoms with Crippen LogP contribution in [-0.2, 0) is 11.2 Å². The summed E-state index contributed by atoms with van der Waals surface area (Å²) in [6.07, 6.45) is 2.74. The number of nitrogens with zero attached hydrogens (tertiary/aromatic N) is 3. The Labute approximate surface area is 154 Å². The Balaban J connectivity index is 1.39. The van der Waals surface area contributed by atoms with Gasteiger partial charge >= 0.3 is 6.03 Å². The lowest BCUT2D eigenvalue weighted by atomic mass is 10.1. The van der Waals surface area contributed by atoms with E-state index in [1.807, 2.05) is 24.1 Å². The molecule has 2 aliphatic heterocycles. The topological polar surface area (TPSA) is 76.1 Å². The van der Waals surface area contributed by atoms with Crippen molar-refractivity contribution in [1.29, 1.82) is 0 Å². The van der Waals surface area contributed by atoms with E-state index in [1.54, 1.807) is 17.0 Å². The fourth-order valence-corrected chi connectivity index (χ4v) is 3.65. The third-order valence-electron chi connectivity index (χ3n) is 5.31. The number of phenols is 1. The van der Waals surface area contributed by atoms with Crippen LogP contribution in [0.2, 0.25) is 0 Å². The fraction of sp³-hybridized carbons (Fsp3) is 0.579. The van der Waals surface area contributed by atoms with Crippen molar-refractivity contribution in [2.45, 2.75) is 25.3 Å². The molecule has 0 aromatic heterocycles. The lowest BCUT2D eigenvalue weighted by Gasteiger charge is -2.36. The molecule has 1 unspecified atom stereocenters. The summed E-state index contributed by atoms with van der Waals surface area (Å²) >= 11 is 0. The number of piperazine rings is 1. The monoisotopic (exact) mass is 360 g/mol. The normalized spacial score (nSPS) is 21.0. The van der Waals surface area contributed by atoms with Gasteiger partial charge in [0.25, 0.3) is 0 Å². The number of likely N-dealkylation sites (tertiary alicyclic amines) is 1. The summed E-state index contributed by atoms with van der Waals surface area (Å²) in [5.41, 5.74) is 1.07. The van der Waals surface area contributed by atoms with Gasteiger partial charge in [0.2, 0.25) is 5.91 Å². The number of urea groups is 1. The number of nitrogens with one attached hydrogen (secondary N) is 1. The zero-order chi connectivity index (χ0) is 18.5. The van der Waals surface area contributed by atoms with Gasteiger partial charge in [-0.1, -0.05) is 12.1 Å². The number of carbonyl (C=O) groups is 2. The number of hydrogen-bond donors (Lipinski definition) is 2. The van der Waals surface area contributed by atoms with E-state index in [9.17, 15) is 14.7 Å². The molecule has 0 radical (unpaired) electrons. The van der Waals surface area contributed by atoms with Crippen LogP contribution in [-0.4, -0.2) is 84.1 Å². The van der Waals surface area contributed by atoms with Crippen molar-refractivity contribution in [2.24, 2.45) is 0 Å². The first-order valence-electron chi connectivity index (χ1n) is 9.34. The van der Waals surface area contributed by atoms with Gasteiger partial charge < -0.3 is 20.2 Å². The predicted molar refractivity (Wildman–Crippen MR) is 99.0 cm³/mol. The van der Waals surface area contributed by atoms with E-state index in [-0.39, 0.29) is 23.7 Å². The van der Waals surface area contributed by atoms with Crippen LogP contribution in [0.25, 0.3) is 0 Å². The second-order valence-electron chi connectivity index (χ2n) is 7.10. The van der Waals surface area contributed by atoms with Crippen LogP contribution >= 0.6 is 0 Å². The van der Waals surface area contributed by atoms with Crippen LogP contribution in [0, 0.1) is 0 Å². The summed E-state index contributed by atoms with van der Waals surface area (Å²) in [5.74, 6) is 0.450. The number of carbonyl (C=O) groups excluding carboxylic acids is 2. The highest BCUT2D eigenvalue weighted by Crippen LogP contribution is 2.18. The molecule has 26 heavy (non-hydrogen) atoms. The molecule has 2 heterocycles. The molecule has 3 amide bonds. The fourth-order valence-electron chi connectivity index (χ4n) is 3.65. The Kier molecular flexibility index (Phi) is 5.98. The molecule has 0 spiro atoms. The second kappa shape index (κ2) is 8.40. The largest absolute Gasteiger partial charge is 0.508 e. The SMILES string of the molecule is CN1CCCC1C(=O)N1CCN(C(=O)NCCc2ccc(O)cc2)CC1. The minimum atomic E-state index is -0.0751. The van der Waals surface area contributed by atoms with Gasteiger partial charge in [-0.15, -0.1) is 0 Å². The molecular weight excluding hydrogens is 332 g/mol. The molecule has 0 bridgehead atoms. The maximum atomic E-state index is 12.6. The van der Waals surface area contributed by atoms with Crippen LogP contribution in [0.4, 0.5) is 4.79 Å². The van der Waals surface area contributed by atoms with Crippen LogP contribution < -0.4 is 5.32 Å². The molecule has 1 aromatic rings. The van der Waals surface area contributed by atoms with E-state index in [2.05, 4.69) is 10.2 Å². The van der Waals surface area contributed by atoms with Gasteiger partial charge in [0.1, 0.15) is 5.75 Å². The molecule has 0 aliphatic carbocycles. The van der Waals surface area contributed by atoms with E-state index < -0.39 is 0 Å². The molecule has 1 aromatic carbocycles. The van der Waals surface area contributed by atoms with E-state index in [0.717, 1.165) is 31.4 Å². The highest BCUT2D eigenvalue weighted by Gasteiger charge is 2.33. The number of benzene rings is 1. The molecule has 7 nitrogen and oxygen atoms in total. The van der Waals surface area contributed by atoms with Gasteiger partial charge in [-0.05, 0) is 50.6 Å². The maximum Gasteiger partial charge on any atom is 0.317 e. The van der Waals surface area contributed by atoms with Crippen molar-refractivity contribution in [1.82, 2.24) is 20.0 Å². The Morgan fingerprint density at radius 2 is 1.73 bits per heavy atom. The molecule has 142 valence electrons. The third kappa shape index (κ3) is 4.46.